The fourth-order valence-corrected chi connectivity index (χ4v) is 1.44. The van der Waals surface area contributed by atoms with Crippen LogP contribution < -0.4 is 16.4 Å². The van der Waals surface area contributed by atoms with Crippen LogP contribution in [0.1, 0.15) is 19.3 Å². The molecule has 0 saturated carbocycles. The Bertz CT molecular complexity index is 386. The summed E-state index contributed by atoms with van der Waals surface area (Å²) in [5.74, 6) is -4.30. The molecule has 114 valence electrons. The van der Waals surface area contributed by atoms with Crippen LogP contribution in [-0.4, -0.2) is 57.8 Å². The molecule has 10 heteroatoms. The van der Waals surface area contributed by atoms with Crippen molar-refractivity contribution in [2.45, 2.75) is 31.3 Å². The van der Waals surface area contributed by atoms with Crippen LogP contribution in [0.3, 0.4) is 0 Å². The summed E-state index contributed by atoms with van der Waals surface area (Å²) in [7, 11) is 0. The number of nitrogens with one attached hydrogen (secondary N) is 3. The van der Waals surface area contributed by atoms with Gasteiger partial charge >= 0.3 is 17.9 Å². The van der Waals surface area contributed by atoms with Crippen LogP contribution in [0.2, 0.25) is 0 Å². The van der Waals surface area contributed by atoms with Crippen molar-refractivity contribution in [2.75, 3.05) is 6.54 Å². The summed E-state index contributed by atoms with van der Waals surface area (Å²) >= 11 is 0. The highest BCUT2D eigenvalue weighted by atomic mass is 16.4. The Balaban J connectivity index is 4.42. The Morgan fingerprint density at radius 2 is 1.65 bits per heavy atom. The van der Waals surface area contributed by atoms with Gasteiger partial charge in [0.05, 0.1) is 6.42 Å². The molecule has 0 aliphatic rings. The van der Waals surface area contributed by atoms with Gasteiger partial charge in [0, 0.05) is 6.54 Å². The maximum absolute atomic E-state index is 11.0. The Kier molecular flexibility index (Phi) is 7.67. The Labute approximate surface area is 114 Å². The second kappa shape index (κ2) is 8.69. The number of carbonyl (C=O) groups is 3. The lowest BCUT2D eigenvalue weighted by Gasteiger charge is -2.19. The van der Waals surface area contributed by atoms with E-state index in [9.17, 15) is 14.4 Å². The van der Waals surface area contributed by atoms with E-state index in [0.29, 0.717) is 6.42 Å². The molecule has 0 bridgehead atoms. The Hall–Kier alpha value is -2.36. The van der Waals surface area contributed by atoms with E-state index in [1.54, 1.807) is 0 Å². The molecule has 0 saturated heterocycles. The van der Waals surface area contributed by atoms with Crippen molar-refractivity contribution in [2.24, 2.45) is 5.73 Å². The zero-order chi connectivity index (χ0) is 15.7. The van der Waals surface area contributed by atoms with E-state index in [4.69, 9.17) is 26.5 Å². The molecule has 0 aliphatic carbocycles. The third-order valence-corrected chi connectivity index (χ3v) is 2.36. The molecular weight excluding hydrogens is 272 g/mol. The van der Waals surface area contributed by atoms with Gasteiger partial charge in [-0.15, -0.1) is 0 Å². The minimum Gasteiger partial charge on any atom is -0.481 e. The van der Waals surface area contributed by atoms with Crippen molar-refractivity contribution in [1.29, 1.82) is 5.41 Å². The average molecular weight is 290 g/mol. The molecule has 1 unspecified atom stereocenters. The van der Waals surface area contributed by atoms with Crippen molar-refractivity contribution in [1.82, 2.24) is 10.6 Å². The molecule has 0 amide bonds. The van der Waals surface area contributed by atoms with Gasteiger partial charge in [0.2, 0.25) is 0 Å². The molecule has 20 heavy (non-hydrogen) atoms. The van der Waals surface area contributed by atoms with Crippen molar-refractivity contribution < 1.29 is 29.7 Å². The van der Waals surface area contributed by atoms with E-state index in [2.05, 4.69) is 10.6 Å². The minimum absolute atomic E-state index is 0.0685. The van der Waals surface area contributed by atoms with Gasteiger partial charge in [-0.25, -0.2) is 0 Å². The maximum atomic E-state index is 11.0. The number of aliphatic carboxylic acids is 3. The zero-order valence-electron chi connectivity index (χ0n) is 10.6. The highest BCUT2D eigenvalue weighted by Crippen LogP contribution is 2.02. The van der Waals surface area contributed by atoms with Crippen LogP contribution >= 0.6 is 0 Å². The first-order valence-corrected chi connectivity index (χ1v) is 5.75. The number of carboxylic acid groups (broad SMARTS) is 3. The van der Waals surface area contributed by atoms with Gasteiger partial charge < -0.3 is 26.4 Å². The molecule has 0 aromatic rings. The van der Waals surface area contributed by atoms with Crippen LogP contribution in [0.4, 0.5) is 0 Å². The number of hydrogen-bond donors (Lipinski definition) is 7. The molecule has 10 nitrogen and oxygen atoms in total. The summed E-state index contributed by atoms with van der Waals surface area (Å²) < 4.78 is 0. The van der Waals surface area contributed by atoms with Crippen LogP contribution in [0, 0.1) is 5.41 Å². The molecule has 0 rings (SSSR count). The highest BCUT2D eigenvalue weighted by Gasteiger charge is 2.27. The summed E-state index contributed by atoms with van der Waals surface area (Å²) in [6.07, 6.45) is -0.327. The molecule has 2 atom stereocenters. The van der Waals surface area contributed by atoms with Gasteiger partial charge in [0.15, 0.2) is 5.96 Å². The molecule has 0 heterocycles. The van der Waals surface area contributed by atoms with E-state index in [-0.39, 0.29) is 18.9 Å². The topological polar surface area (TPSA) is 186 Å². The number of rotatable bonds is 10. The van der Waals surface area contributed by atoms with Gasteiger partial charge in [-0.05, 0) is 12.8 Å². The SMILES string of the molecule is N=C(N)NCCCC(N[C@@H](CC(=O)O)C(=O)O)C(=O)O. The Morgan fingerprint density at radius 3 is 2.05 bits per heavy atom. The maximum Gasteiger partial charge on any atom is 0.321 e. The van der Waals surface area contributed by atoms with Gasteiger partial charge in [0.25, 0.3) is 0 Å². The molecule has 0 spiro atoms. The van der Waals surface area contributed by atoms with Crippen LogP contribution in [0.25, 0.3) is 0 Å². The van der Waals surface area contributed by atoms with E-state index in [1.165, 1.54) is 0 Å². The summed E-state index contributed by atoms with van der Waals surface area (Å²) in [5.41, 5.74) is 5.04. The summed E-state index contributed by atoms with van der Waals surface area (Å²) in [6, 6.07) is -2.67. The minimum atomic E-state index is -1.48. The summed E-state index contributed by atoms with van der Waals surface area (Å²) in [6.45, 7) is 0.261. The largest absolute Gasteiger partial charge is 0.481 e. The third-order valence-electron chi connectivity index (χ3n) is 2.36. The predicted molar refractivity (Wildman–Crippen MR) is 67.4 cm³/mol. The molecule has 0 fully saturated rings. The first-order valence-electron chi connectivity index (χ1n) is 5.75. The van der Waals surface area contributed by atoms with Crippen LogP contribution in [0.15, 0.2) is 0 Å². The Morgan fingerprint density at radius 1 is 1.10 bits per heavy atom. The van der Waals surface area contributed by atoms with Crippen LogP contribution in [-0.2, 0) is 14.4 Å². The second-order valence-corrected chi connectivity index (χ2v) is 4.03. The molecule has 0 aromatic heterocycles. The van der Waals surface area contributed by atoms with Gasteiger partial charge in [-0.3, -0.25) is 25.1 Å². The predicted octanol–water partition coefficient (Wildman–Crippen LogP) is -1.78. The van der Waals surface area contributed by atoms with Crippen molar-refractivity contribution in [3.63, 3.8) is 0 Å². The summed E-state index contributed by atoms with van der Waals surface area (Å²) in [4.78, 5) is 32.3. The molecule has 8 N–H and O–H groups in total. The molecular formula is C10H18N4O6. The van der Waals surface area contributed by atoms with Gasteiger partial charge in [0.1, 0.15) is 12.1 Å². The third kappa shape index (κ3) is 7.87. The number of carboxylic acids is 3. The fourth-order valence-electron chi connectivity index (χ4n) is 1.44. The first-order chi connectivity index (χ1) is 9.23. The lowest BCUT2D eigenvalue weighted by molar-refractivity contribution is -0.147. The van der Waals surface area contributed by atoms with Gasteiger partial charge in [-0.1, -0.05) is 0 Å². The molecule has 0 radical (unpaired) electrons. The first kappa shape index (κ1) is 17.6. The fraction of sp³-hybridized carbons (Fsp3) is 0.600. The second-order valence-electron chi connectivity index (χ2n) is 4.03. The van der Waals surface area contributed by atoms with E-state index in [0.717, 1.165) is 0 Å². The lowest BCUT2D eigenvalue weighted by atomic mass is 10.1. The normalized spacial score (nSPS) is 13.2. The standard InChI is InChI=1S/C10H18N4O6/c11-10(12)13-3-1-2-5(8(17)18)14-6(9(19)20)4-7(15)16/h5-6,14H,1-4H2,(H,15,16)(H,17,18)(H,19,20)(H4,11,12,13)/t5?,6-/m0/s1. The molecule has 0 aromatic carbocycles. The highest BCUT2D eigenvalue weighted by molar-refractivity contribution is 5.82. The number of guanidine groups is 1. The van der Waals surface area contributed by atoms with Crippen molar-refractivity contribution in [3.05, 3.63) is 0 Å². The number of nitrogens with two attached hydrogens (primary N) is 1. The lowest BCUT2D eigenvalue weighted by Crippen LogP contribution is -2.48. The zero-order valence-corrected chi connectivity index (χ0v) is 10.6. The van der Waals surface area contributed by atoms with Gasteiger partial charge in [-0.2, -0.15) is 0 Å². The number of hydrogen-bond acceptors (Lipinski definition) is 5. The van der Waals surface area contributed by atoms with E-state index < -0.39 is 36.4 Å². The quantitative estimate of drug-likeness (QED) is 0.139. The summed E-state index contributed by atoms with van der Waals surface area (Å²) in [5, 5.41) is 38.0. The van der Waals surface area contributed by atoms with Crippen molar-refractivity contribution >= 4 is 23.9 Å². The average Bonchev–Trinajstić information content (AvgIpc) is 2.30. The van der Waals surface area contributed by atoms with E-state index >= 15 is 0 Å². The van der Waals surface area contributed by atoms with Crippen molar-refractivity contribution in [3.8, 4) is 0 Å². The van der Waals surface area contributed by atoms with Crippen LogP contribution in [0.5, 0.6) is 0 Å². The molecule has 0 aliphatic heterocycles. The smallest absolute Gasteiger partial charge is 0.321 e. The monoisotopic (exact) mass is 290 g/mol. The van der Waals surface area contributed by atoms with E-state index in [1.807, 2.05) is 0 Å².